The van der Waals surface area contributed by atoms with Crippen molar-refractivity contribution in [1.82, 2.24) is 5.32 Å². The largest absolute Gasteiger partial charge is 0.573 e. The van der Waals surface area contributed by atoms with E-state index in [4.69, 9.17) is 0 Å². The zero-order valence-electron chi connectivity index (χ0n) is 15.3. The molecule has 3 aromatic carbocycles. The van der Waals surface area contributed by atoms with Gasteiger partial charge in [-0.15, -0.1) is 13.2 Å². The Morgan fingerprint density at radius 3 is 2.43 bits per heavy atom. The van der Waals surface area contributed by atoms with Crippen molar-refractivity contribution in [3.8, 4) is 5.75 Å². The minimum absolute atomic E-state index is 0.109. The zero-order chi connectivity index (χ0) is 21.5. The summed E-state index contributed by atoms with van der Waals surface area (Å²) >= 11 is 0. The summed E-state index contributed by atoms with van der Waals surface area (Å²) in [6.45, 7) is -0.755. The van der Waals surface area contributed by atoms with Gasteiger partial charge in [-0.1, -0.05) is 42.5 Å². The lowest BCUT2D eigenvalue weighted by atomic mass is 10.1. The SMILES string of the molecule is O=C(CN1c2cccc3cccc(c23)S1(=O)=O)NCc1ccccc1OC(F)(F)F. The number of anilines is 1. The monoisotopic (exact) mass is 436 g/mol. The molecular weight excluding hydrogens is 421 g/mol. The van der Waals surface area contributed by atoms with Crippen LogP contribution >= 0.6 is 0 Å². The van der Waals surface area contributed by atoms with E-state index in [1.807, 2.05) is 0 Å². The number of carbonyl (C=O) groups is 1. The number of alkyl halides is 3. The molecule has 0 aliphatic carbocycles. The molecule has 1 aliphatic heterocycles. The number of nitrogens with one attached hydrogen (secondary N) is 1. The van der Waals surface area contributed by atoms with E-state index in [0.717, 1.165) is 15.8 Å². The Kier molecular flexibility index (Phi) is 4.81. The highest BCUT2D eigenvalue weighted by atomic mass is 32.2. The molecule has 1 amide bonds. The van der Waals surface area contributed by atoms with Gasteiger partial charge < -0.3 is 10.1 Å². The normalized spacial score (nSPS) is 14.7. The highest BCUT2D eigenvalue weighted by Gasteiger charge is 2.36. The Labute approximate surface area is 169 Å². The Hall–Kier alpha value is -3.27. The van der Waals surface area contributed by atoms with Crippen molar-refractivity contribution in [2.45, 2.75) is 17.8 Å². The van der Waals surface area contributed by atoms with Crippen molar-refractivity contribution >= 4 is 32.4 Å². The van der Waals surface area contributed by atoms with E-state index >= 15 is 0 Å². The summed E-state index contributed by atoms with van der Waals surface area (Å²) in [5, 5.41) is 3.73. The number of benzene rings is 3. The van der Waals surface area contributed by atoms with Gasteiger partial charge in [0.1, 0.15) is 12.3 Å². The number of ether oxygens (including phenoxy) is 1. The van der Waals surface area contributed by atoms with E-state index in [0.29, 0.717) is 11.1 Å². The van der Waals surface area contributed by atoms with Gasteiger partial charge in [-0.2, -0.15) is 0 Å². The first-order valence-corrected chi connectivity index (χ1v) is 10.3. The van der Waals surface area contributed by atoms with Gasteiger partial charge in [0.05, 0.1) is 10.6 Å². The van der Waals surface area contributed by atoms with E-state index in [9.17, 15) is 26.4 Å². The summed E-state index contributed by atoms with van der Waals surface area (Å²) in [4.78, 5) is 12.6. The maximum Gasteiger partial charge on any atom is 0.573 e. The number of sulfonamides is 1. The predicted molar refractivity (Wildman–Crippen MR) is 103 cm³/mol. The molecule has 6 nitrogen and oxygen atoms in total. The first-order valence-electron chi connectivity index (χ1n) is 8.82. The predicted octanol–water partition coefficient (Wildman–Crippen LogP) is 3.56. The molecule has 1 heterocycles. The molecule has 1 aliphatic rings. The van der Waals surface area contributed by atoms with Crippen molar-refractivity contribution in [3.05, 3.63) is 66.2 Å². The van der Waals surface area contributed by atoms with E-state index < -0.39 is 34.6 Å². The summed E-state index contributed by atoms with van der Waals surface area (Å²) in [5.74, 6) is -1.10. The van der Waals surface area contributed by atoms with Crippen molar-refractivity contribution in [2.75, 3.05) is 10.8 Å². The fourth-order valence-corrected chi connectivity index (χ4v) is 5.05. The summed E-state index contributed by atoms with van der Waals surface area (Å²) < 4.78 is 68.3. The van der Waals surface area contributed by atoms with Gasteiger partial charge >= 0.3 is 6.36 Å². The average molecular weight is 436 g/mol. The number of para-hydroxylation sites is 1. The molecule has 156 valence electrons. The van der Waals surface area contributed by atoms with Crippen molar-refractivity contribution < 1.29 is 31.1 Å². The Morgan fingerprint density at radius 2 is 1.70 bits per heavy atom. The lowest BCUT2D eigenvalue weighted by molar-refractivity contribution is -0.274. The molecule has 10 heteroatoms. The van der Waals surface area contributed by atoms with Crippen LogP contribution in [-0.2, 0) is 21.4 Å². The Bertz CT molecular complexity index is 1240. The van der Waals surface area contributed by atoms with E-state index in [2.05, 4.69) is 10.1 Å². The molecule has 0 spiro atoms. The molecule has 4 rings (SSSR count). The summed E-state index contributed by atoms with van der Waals surface area (Å²) in [5.41, 5.74) is 0.497. The van der Waals surface area contributed by atoms with Crippen LogP contribution < -0.4 is 14.4 Å². The molecule has 0 saturated heterocycles. The molecule has 0 saturated carbocycles. The molecule has 3 aromatic rings. The van der Waals surface area contributed by atoms with E-state index in [1.54, 1.807) is 30.3 Å². The second-order valence-electron chi connectivity index (χ2n) is 6.58. The third-order valence-electron chi connectivity index (χ3n) is 4.64. The van der Waals surface area contributed by atoms with Gasteiger partial charge in [0.2, 0.25) is 5.91 Å². The van der Waals surface area contributed by atoms with E-state index in [-0.39, 0.29) is 17.0 Å². The topological polar surface area (TPSA) is 75.7 Å². The van der Waals surface area contributed by atoms with Crippen molar-refractivity contribution in [2.24, 2.45) is 0 Å². The van der Waals surface area contributed by atoms with Crippen LogP contribution in [-0.4, -0.2) is 27.2 Å². The van der Waals surface area contributed by atoms with E-state index in [1.165, 1.54) is 24.3 Å². The standard InChI is InChI=1S/C20H15F3N2O4S/c21-20(22,23)29-16-9-2-1-5-14(16)11-24-18(26)12-25-15-8-3-6-13-7-4-10-17(19(13)15)30(25,27)28/h1-10H,11-12H2,(H,24,26). The lowest BCUT2D eigenvalue weighted by Gasteiger charge is -2.19. The van der Waals surface area contributed by atoms with Gasteiger partial charge in [-0.25, -0.2) is 8.42 Å². The molecule has 0 unspecified atom stereocenters. The number of hydrogen-bond acceptors (Lipinski definition) is 4. The number of amides is 1. The van der Waals surface area contributed by atoms with Gasteiger partial charge in [0, 0.05) is 17.5 Å². The number of hydrogen-bond donors (Lipinski definition) is 1. The Morgan fingerprint density at radius 1 is 1.00 bits per heavy atom. The fourth-order valence-electron chi connectivity index (χ4n) is 3.38. The maximum absolute atomic E-state index is 12.9. The molecule has 0 bridgehead atoms. The first-order chi connectivity index (χ1) is 14.2. The van der Waals surface area contributed by atoms with Crippen LogP contribution in [0, 0.1) is 0 Å². The third kappa shape index (κ3) is 3.65. The number of rotatable bonds is 5. The summed E-state index contributed by atoms with van der Waals surface area (Å²) in [6.07, 6.45) is -4.87. The second kappa shape index (κ2) is 7.21. The van der Waals surface area contributed by atoms with Crippen LogP contribution in [0.3, 0.4) is 0 Å². The molecule has 0 fully saturated rings. The van der Waals surface area contributed by atoms with Gasteiger partial charge in [0.25, 0.3) is 10.0 Å². The third-order valence-corrected chi connectivity index (χ3v) is 6.44. The summed E-state index contributed by atoms with van der Waals surface area (Å²) in [6, 6.07) is 15.4. The van der Waals surface area contributed by atoms with Crippen LogP contribution in [0.15, 0.2) is 65.6 Å². The minimum atomic E-state index is -4.87. The first kappa shape index (κ1) is 20.0. The molecule has 1 N–H and O–H groups in total. The van der Waals surface area contributed by atoms with Gasteiger partial charge in [-0.3, -0.25) is 9.10 Å². The quantitative estimate of drug-likeness (QED) is 0.664. The number of carbonyl (C=O) groups excluding carboxylic acids is 1. The minimum Gasteiger partial charge on any atom is -0.405 e. The van der Waals surface area contributed by atoms with Crippen LogP contribution in [0.4, 0.5) is 18.9 Å². The van der Waals surface area contributed by atoms with Crippen LogP contribution in [0.1, 0.15) is 5.56 Å². The number of halogens is 3. The second-order valence-corrected chi connectivity index (χ2v) is 8.41. The average Bonchev–Trinajstić information content (AvgIpc) is 2.90. The number of nitrogens with zero attached hydrogens (tertiary/aromatic N) is 1. The zero-order valence-corrected chi connectivity index (χ0v) is 16.1. The summed E-state index contributed by atoms with van der Waals surface area (Å²) in [7, 11) is -3.91. The van der Waals surface area contributed by atoms with Crippen molar-refractivity contribution in [1.29, 1.82) is 0 Å². The molecule has 0 aromatic heterocycles. The smallest absolute Gasteiger partial charge is 0.405 e. The van der Waals surface area contributed by atoms with Gasteiger partial charge in [-0.05, 0) is 23.6 Å². The van der Waals surface area contributed by atoms with Gasteiger partial charge in [0.15, 0.2) is 0 Å². The fraction of sp³-hybridized carbons (Fsp3) is 0.150. The van der Waals surface area contributed by atoms with Crippen LogP contribution in [0.2, 0.25) is 0 Å². The highest BCUT2D eigenvalue weighted by Crippen LogP contribution is 2.41. The van der Waals surface area contributed by atoms with Crippen LogP contribution in [0.25, 0.3) is 10.8 Å². The van der Waals surface area contributed by atoms with Crippen molar-refractivity contribution in [3.63, 3.8) is 0 Å². The lowest BCUT2D eigenvalue weighted by Crippen LogP contribution is -2.38. The Balaban J connectivity index is 1.52. The van der Waals surface area contributed by atoms with Crippen LogP contribution in [0.5, 0.6) is 5.75 Å². The molecule has 30 heavy (non-hydrogen) atoms. The molecule has 0 radical (unpaired) electrons. The highest BCUT2D eigenvalue weighted by molar-refractivity contribution is 7.93. The maximum atomic E-state index is 12.9. The molecule has 0 atom stereocenters. The molecular formula is C20H15F3N2O4S.